The summed E-state index contributed by atoms with van der Waals surface area (Å²) in [6.45, 7) is 0.563. The SMILES string of the molecule is COc1ccc(CCNC(=S)NNC(=O)c2ccc(F)cc2)cc1OC. The normalized spacial score (nSPS) is 9.96. The predicted molar refractivity (Wildman–Crippen MR) is 101 cm³/mol. The summed E-state index contributed by atoms with van der Waals surface area (Å²) in [5.74, 6) is 0.526. The zero-order valence-electron chi connectivity index (χ0n) is 14.5. The molecule has 0 heterocycles. The van der Waals surface area contributed by atoms with Crippen LogP contribution in [-0.2, 0) is 6.42 Å². The van der Waals surface area contributed by atoms with E-state index in [-0.39, 0.29) is 5.11 Å². The molecule has 8 heteroatoms. The Bertz CT molecular complexity index is 769. The van der Waals surface area contributed by atoms with Crippen LogP contribution in [0.15, 0.2) is 42.5 Å². The number of nitrogens with one attached hydrogen (secondary N) is 3. The monoisotopic (exact) mass is 377 g/mol. The van der Waals surface area contributed by atoms with Gasteiger partial charge in [-0.25, -0.2) is 4.39 Å². The summed E-state index contributed by atoms with van der Waals surface area (Å²) < 4.78 is 23.3. The summed E-state index contributed by atoms with van der Waals surface area (Å²) in [6, 6.07) is 10.9. The Morgan fingerprint density at radius 1 is 1.04 bits per heavy atom. The number of thiocarbonyl (C=S) groups is 1. The number of carbonyl (C=O) groups excluding carboxylic acids is 1. The van der Waals surface area contributed by atoms with Gasteiger partial charge in [-0.2, -0.15) is 0 Å². The highest BCUT2D eigenvalue weighted by molar-refractivity contribution is 7.80. The van der Waals surface area contributed by atoms with Crippen LogP contribution in [-0.4, -0.2) is 31.8 Å². The van der Waals surface area contributed by atoms with Crippen molar-refractivity contribution in [1.29, 1.82) is 0 Å². The summed E-state index contributed by atoms with van der Waals surface area (Å²) in [5, 5.41) is 3.27. The molecule has 0 bridgehead atoms. The topological polar surface area (TPSA) is 71.6 Å². The third kappa shape index (κ3) is 5.59. The molecule has 0 unspecified atom stereocenters. The summed E-state index contributed by atoms with van der Waals surface area (Å²) >= 11 is 5.11. The fourth-order valence-corrected chi connectivity index (χ4v) is 2.34. The highest BCUT2D eigenvalue weighted by Gasteiger charge is 2.07. The molecule has 0 aliphatic heterocycles. The maximum Gasteiger partial charge on any atom is 0.269 e. The average molecular weight is 377 g/mol. The lowest BCUT2D eigenvalue weighted by molar-refractivity contribution is 0.0943. The number of halogens is 1. The summed E-state index contributed by atoms with van der Waals surface area (Å²) in [7, 11) is 3.17. The van der Waals surface area contributed by atoms with Crippen LogP contribution in [0.5, 0.6) is 11.5 Å². The number of hydrogen-bond donors (Lipinski definition) is 3. The van der Waals surface area contributed by atoms with E-state index in [1.165, 1.54) is 24.3 Å². The van der Waals surface area contributed by atoms with E-state index in [2.05, 4.69) is 16.2 Å². The first-order valence-corrected chi connectivity index (χ1v) is 8.25. The molecule has 0 aliphatic rings. The van der Waals surface area contributed by atoms with Crippen LogP contribution >= 0.6 is 12.2 Å². The molecule has 0 fully saturated rings. The lowest BCUT2D eigenvalue weighted by atomic mass is 10.1. The zero-order chi connectivity index (χ0) is 18.9. The van der Waals surface area contributed by atoms with Crippen LogP contribution < -0.4 is 25.6 Å². The van der Waals surface area contributed by atoms with Crippen molar-refractivity contribution in [2.75, 3.05) is 20.8 Å². The number of hydrogen-bond acceptors (Lipinski definition) is 4. The molecule has 0 atom stereocenters. The molecule has 0 aromatic heterocycles. The Morgan fingerprint density at radius 3 is 2.38 bits per heavy atom. The van der Waals surface area contributed by atoms with E-state index in [4.69, 9.17) is 21.7 Å². The first-order valence-electron chi connectivity index (χ1n) is 7.84. The lowest BCUT2D eigenvalue weighted by Crippen LogP contribution is -2.47. The molecular weight excluding hydrogens is 357 g/mol. The van der Waals surface area contributed by atoms with Gasteiger partial charge < -0.3 is 14.8 Å². The molecule has 138 valence electrons. The smallest absolute Gasteiger partial charge is 0.269 e. The molecule has 2 aromatic rings. The van der Waals surface area contributed by atoms with Crippen molar-refractivity contribution in [2.45, 2.75) is 6.42 Å². The van der Waals surface area contributed by atoms with Crippen molar-refractivity contribution >= 4 is 23.2 Å². The van der Waals surface area contributed by atoms with E-state index >= 15 is 0 Å². The standard InChI is InChI=1S/C18H20FN3O3S/c1-24-15-8-3-12(11-16(15)25-2)9-10-20-18(26)22-21-17(23)13-4-6-14(19)7-5-13/h3-8,11H,9-10H2,1-2H3,(H,21,23)(H2,20,22,26). The van der Waals surface area contributed by atoms with Crippen LogP contribution in [0.25, 0.3) is 0 Å². The van der Waals surface area contributed by atoms with E-state index in [1.807, 2.05) is 18.2 Å². The van der Waals surface area contributed by atoms with Crippen LogP contribution in [0, 0.1) is 5.82 Å². The Balaban J connectivity index is 1.75. The maximum atomic E-state index is 12.8. The minimum absolute atomic E-state index is 0.279. The zero-order valence-corrected chi connectivity index (χ0v) is 15.3. The Labute approximate surface area is 156 Å². The second-order valence-electron chi connectivity index (χ2n) is 5.28. The average Bonchev–Trinajstić information content (AvgIpc) is 2.66. The van der Waals surface area contributed by atoms with Gasteiger partial charge >= 0.3 is 0 Å². The van der Waals surface area contributed by atoms with Gasteiger partial charge in [0.1, 0.15) is 5.82 Å². The molecule has 0 saturated heterocycles. The summed E-state index contributed by atoms with van der Waals surface area (Å²) in [4.78, 5) is 11.9. The molecule has 6 nitrogen and oxygen atoms in total. The minimum Gasteiger partial charge on any atom is -0.493 e. The van der Waals surface area contributed by atoms with Crippen molar-refractivity contribution < 1.29 is 18.7 Å². The molecule has 0 radical (unpaired) electrons. The van der Waals surface area contributed by atoms with E-state index < -0.39 is 11.7 Å². The Kier molecular flexibility index (Phi) is 7.16. The number of methoxy groups -OCH3 is 2. The van der Waals surface area contributed by atoms with Gasteiger partial charge in [0, 0.05) is 12.1 Å². The van der Waals surface area contributed by atoms with E-state index in [0.717, 1.165) is 5.56 Å². The summed E-state index contributed by atoms with van der Waals surface area (Å²) in [5.41, 5.74) is 6.43. The van der Waals surface area contributed by atoms with Crippen molar-refractivity contribution in [1.82, 2.24) is 16.2 Å². The fourth-order valence-electron chi connectivity index (χ4n) is 2.19. The third-order valence-corrected chi connectivity index (χ3v) is 3.79. The van der Waals surface area contributed by atoms with Gasteiger partial charge in [0.15, 0.2) is 16.6 Å². The summed E-state index contributed by atoms with van der Waals surface area (Å²) in [6.07, 6.45) is 0.702. The molecule has 0 saturated carbocycles. The number of hydrazine groups is 1. The van der Waals surface area contributed by atoms with E-state index in [9.17, 15) is 9.18 Å². The largest absolute Gasteiger partial charge is 0.493 e. The second-order valence-corrected chi connectivity index (χ2v) is 5.69. The predicted octanol–water partition coefficient (Wildman–Crippen LogP) is 2.19. The van der Waals surface area contributed by atoms with Crippen molar-refractivity contribution in [2.24, 2.45) is 0 Å². The van der Waals surface area contributed by atoms with E-state index in [0.29, 0.717) is 30.0 Å². The second kappa shape index (κ2) is 9.57. The van der Waals surface area contributed by atoms with Gasteiger partial charge in [-0.3, -0.25) is 15.6 Å². The molecule has 2 aromatic carbocycles. The molecule has 0 spiro atoms. The first-order chi connectivity index (χ1) is 12.5. The maximum absolute atomic E-state index is 12.8. The van der Waals surface area contributed by atoms with Gasteiger partial charge in [-0.05, 0) is 60.6 Å². The van der Waals surface area contributed by atoms with Crippen LogP contribution in [0.1, 0.15) is 15.9 Å². The van der Waals surface area contributed by atoms with E-state index in [1.54, 1.807) is 14.2 Å². The number of ether oxygens (including phenoxy) is 2. The number of amides is 1. The highest BCUT2D eigenvalue weighted by Crippen LogP contribution is 2.27. The van der Waals surface area contributed by atoms with Crippen molar-refractivity contribution in [3.63, 3.8) is 0 Å². The van der Waals surface area contributed by atoms with Gasteiger partial charge in [-0.15, -0.1) is 0 Å². The van der Waals surface area contributed by atoms with Gasteiger partial charge in [-0.1, -0.05) is 6.07 Å². The van der Waals surface area contributed by atoms with Gasteiger partial charge in [0.25, 0.3) is 5.91 Å². The number of carbonyl (C=O) groups is 1. The molecule has 0 aliphatic carbocycles. The minimum atomic E-state index is -0.408. The Hall–Kier alpha value is -2.87. The number of benzene rings is 2. The molecule has 26 heavy (non-hydrogen) atoms. The van der Waals surface area contributed by atoms with Crippen LogP contribution in [0.4, 0.5) is 4.39 Å². The molecule has 1 amide bonds. The molecule has 3 N–H and O–H groups in total. The van der Waals surface area contributed by atoms with Crippen LogP contribution in [0.2, 0.25) is 0 Å². The lowest BCUT2D eigenvalue weighted by Gasteiger charge is -2.12. The molecule has 2 rings (SSSR count). The first kappa shape index (κ1) is 19.5. The highest BCUT2D eigenvalue weighted by atomic mass is 32.1. The van der Waals surface area contributed by atoms with Gasteiger partial charge in [0.2, 0.25) is 0 Å². The quantitative estimate of drug-likeness (QED) is 0.530. The Morgan fingerprint density at radius 2 is 1.73 bits per heavy atom. The van der Waals surface area contributed by atoms with Crippen molar-refractivity contribution in [3.05, 3.63) is 59.4 Å². The number of rotatable bonds is 6. The fraction of sp³-hybridized carbons (Fsp3) is 0.222. The van der Waals surface area contributed by atoms with Crippen LogP contribution in [0.3, 0.4) is 0 Å². The third-order valence-electron chi connectivity index (χ3n) is 3.54. The van der Waals surface area contributed by atoms with Crippen molar-refractivity contribution in [3.8, 4) is 11.5 Å². The van der Waals surface area contributed by atoms with Gasteiger partial charge in [0.05, 0.1) is 14.2 Å². The molecular formula is C18H20FN3O3S.